The molecule has 0 radical (unpaired) electrons. The van der Waals surface area contributed by atoms with Gasteiger partial charge in [0.1, 0.15) is 17.6 Å². The molecule has 2 aromatic carbocycles. The van der Waals surface area contributed by atoms with Crippen LogP contribution in [0.2, 0.25) is 5.02 Å². The second-order valence-electron chi connectivity index (χ2n) is 4.49. The number of benzene rings is 2. The number of aryl methyl sites for hydroxylation is 1. The van der Waals surface area contributed by atoms with Gasteiger partial charge in [0.25, 0.3) is 0 Å². The Morgan fingerprint density at radius 3 is 2.55 bits per heavy atom. The molecular formula is C16H18ClNO2. The summed E-state index contributed by atoms with van der Waals surface area (Å²) >= 11 is 5.95. The number of halogens is 1. The van der Waals surface area contributed by atoms with Gasteiger partial charge in [-0.1, -0.05) is 29.8 Å². The smallest absolute Gasteiger partial charge is 0.139 e. The van der Waals surface area contributed by atoms with Crippen LogP contribution in [0.3, 0.4) is 0 Å². The lowest BCUT2D eigenvalue weighted by Crippen LogP contribution is -2.19. The zero-order valence-electron chi connectivity index (χ0n) is 11.6. The standard InChI is InChI=1S/C16H18ClNO2/c1-11-9-12(17)7-8-14(11)20-16(10-18)13-5-3-4-6-15(13)19-2/h3-9,16H,10,18H2,1-2H3. The van der Waals surface area contributed by atoms with E-state index in [1.807, 2.05) is 43.3 Å². The summed E-state index contributed by atoms with van der Waals surface area (Å²) in [6.07, 6.45) is -0.258. The fraction of sp³-hybridized carbons (Fsp3) is 0.250. The van der Waals surface area contributed by atoms with E-state index < -0.39 is 0 Å². The summed E-state index contributed by atoms with van der Waals surface area (Å²) in [5, 5.41) is 0.691. The normalized spacial score (nSPS) is 12.0. The van der Waals surface area contributed by atoms with Crippen LogP contribution in [0.25, 0.3) is 0 Å². The Morgan fingerprint density at radius 2 is 1.90 bits per heavy atom. The molecule has 0 fully saturated rings. The molecule has 2 N–H and O–H groups in total. The van der Waals surface area contributed by atoms with Gasteiger partial charge in [-0.25, -0.2) is 0 Å². The highest BCUT2D eigenvalue weighted by atomic mass is 35.5. The van der Waals surface area contributed by atoms with Crippen LogP contribution in [0.4, 0.5) is 0 Å². The largest absolute Gasteiger partial charge is 0.496 e. The number of nitrogens with two attached hydrogens (primary N) is 1. The van der Waals surface area contributed by atoms with Crippen molar-refractivity contribution >= 4 is 11.6 Å². The molecule has 1 atom stereocenters. The molecule has 3 nitrogen and oxygen atoms in total. The van der Waals surface area contributed by atoms with Crippen LogP contribution in [-0.4, -0.2) is 13.7 Å². The monoisotopic (exact) mass is 291 g/mol. The number of para-hydroxylation sites is 1. The van der Waals surface area contributed by atoms with Crippen molar-refractivity contribution in [2.45, 2.75) is 13.0 Å². The van der Waals surface area contributed by atoms with Gasteiger partial charge in [0.05, 0.1) is 7.11 Å². The minimum atomic E-state index is -0.258. The minimum Gasteiger partial charge on any atom is -0.496 e. The molecule has 0 bridgehead atoms. The van der Waals surface area contributed by atoms with Crippen molar-refractivity contribution in [1.29, 1.82) is 0 Å². The van der Waals surface area contributed by atoms with E-state index in [-0.39, 0.29) is 6.10 Å². The van der Waals surface area contributed by atoms with E-state index >= 15 is 0 Å². The molecule has 0 heterocycles. The van der Waals surface area contributed by atoms with Crippen LogP contribution in [0.1, 0.15) is 17.2 Å². The van der Waals surface area contributed by atoms with E-state index in [9.17, 15) is 0 Å². The Labute approximate surface area is 124 Å². The number of hydrogen-bond donors (Lipinski definition) is 1. The number of ether oxygens (including phenoxy) is 2. The first-order valence-electron chi connectivity index (χ1n) is 6.41. The van der Waals surface area contributed by atoms with Crippen LogP contribution >= 0.6 is 11.6 Å². The molecule has 0 aromatic heterocycles. The Hall–Kier alpha value is -1.71. The summed E-state index contributed by atoms with van der Waals surface area (Å²) < 4.78 is 11.4. The van der Waals surface area contributed by atoms with Gasteiger partial charge in [0.2, 0.25) is 0 Å². The maximum atomic E-state index is 6.01. The van der Waals surface area contributed by atoms with Crippen LogP contribution < -0.4 is 15.2 Å². The molecular weight excluding hydrogens is 274 g/mol. The first-order chi connectivity index (χ1) is 9.65. The van der Waals surface area contributed by atoms with E-state index in [0.29, 0.717) is 11.6 Å². The number of methoxy groups -OCH3 is 1. The van der Waals surface area contributed by atoms with Crippen LogP contribution in [0, 0.1) is 6.92 Å². The van der Waals surface area contributed by atoms with Gasteiger partial charge in [0.15, 0.2) is 0 Å². The van der Waals surface area contributed by atoms with Crippen molar-refractivity contribution in [3.63, 3.8) is 0 Å². The van der Waals surface area contributed by atoms with Gasteiger partial charge in [-0.3, -0.25) is 0 Å². The fourth-order valence-corrected chi connectivity index (χ4v) is 2.30. The second kappa shape index (κ2) is 6.64. The van der Waals surface area contributed by atoms with E-state index in [4.69, 9.17) is 26.8 Å². The lowest BCUT2D eigenvalue weighted by atomic mass is 10.1. The van der Waals surface area contributed by atoms with Crippen molar-refractivity contribution in [2.24, 2.45) is 5.73 Å². The van der Waals surface area contributed by atoms with Crippen molar-refractivity contribution in [1.82, 2.24) is 0 Å². The Kier molecular flexibility index (Phi) is 4.88. The topological polar surface area (TPSA) is 44.5 Å². The summed E-state index contributed by atoms with van der Waals surface area (Å²) in [4.78, 5) is 0. The Bertz CT molecular complexity index is 586. The molecule has 0 aliphatic heterocycles. The van der Waals surface area contributed by atoms with Crippen LogP contribution in [0.15, 0.2) is 42.5 Å². The Balaban J connectivity index is 2.29. The fourth-order valence-electron chi connectivity index (χ4n) is 2.07. The highest BCUT2D eigenvalue weighted by molar-refractivity contribution is 6.30. The van der Waals surface area contributed by atoms with Gasteiger partial charge < -0.3 is 15.2 Å². The number of rotatable bonds is 5. The van der Waals surface area contributed by atoms with Crippen molar-refractivity contribution in [3.05, 3.63) is 58.6 Å². The SMILES string of the molecule is COc1ccccc1C(CN)Oc1ccc(Cl)cc1C. The van der Waals surface area contributed by atoms with E-state index in [1.165, 1.54) is 0 Å². The zero-order chi connectivity index (χ0) is 14.5. The van der Waals surface area contributed by atoms with Gasteiger partial charge in [-0.15, -0.1) is 0 Å². The lowest BCUT2D eigenvalue weighted by molar-refractivity contribution is 0.207. The molecule has 0 saturated carbocycles. The first kappa shape index (κ1) is 14.7. The van der Waals surface area contributed by atoms with E-state index in [0.717, 1.165) is 22.6 Å². The maximum Gasteiger partial charge on any atom is 0.139 e. The molecule has 0 aliphatic carbocycles. The van der Waals surface area contributed by atoms with Gasteiger partial charge >= 0.3 is 0 Å². The summed E-state index contributed by atoms with van der Waals surface area (Å²) in [6, 6.07) is 13.3. The summed E-state index contributed by atoms with van der Waals surface area (Å²) in [5.74, 6) is 1.55. The predicted octanol–water partition coefficient (Wildman–Crippen LogP) is 3.74. The van der Waals surface area contributed by atoms with Crippen molar-refractivity contribution in [2.75, 3.05) is 13.7 Å². The van der Waals surface area contributed by atoms with Gasteiger partial charge in [0, 0.05) is 17.1 Å². The highest BCUT2D eigenvalue weighted by Gasteiger charge is 2.17. The van der Waals surface area contributed by atoms with E-state index in [1.54, 1.807) is 13.2 Å². The van der Waals surface area contributed by atoms with Crippen LogP contribution in [0.5, 0.6) is 11.5 Å². The van der Waals surface area contributed by atoms with E-state index in [2.05, 4.69) is 0 Å². The molecule has 4 heteroatoms. The van der Waals surface area contributed by atoms with Gasteiger partial charge in [-0.05, 0) is 36.8 Å². The quantitative estimate of drug-likeness (QED) is 0.913. The molecule has 0 amide bonds. The van der Waals surface area contributed by atoms with Crippen molar-refractivity contribution in [3.8, 4) is 11.5 Å². The average Bonchev–Trinajstić information content (AvgIpc) is 2.46. The molecule has 2 aromatic rings. The summed E-state index contributed by atoms with van der Waals surface area (Å²) in [5.41, 5.74) is 7.76. The van der Waals surface area contributed by atoms with Crippen LogP contribution in [-0.2, 0) is 0 Å². The average molecular weight is 292 g/mol. The minimum absolute atomic E-state index is 0.258. The third-order valence-corrected chi connectivity index (χ3v) is 3.34. The molecule has 2 rings (SSSR count). The molecule has 106 valence electrons. The highest BCUT2D eigenvalue weighted by Crippen LogP contribution is 2.30. The molecule has 20 heavy (non-hydrogen) atoms. The summed E-state index contributed by atoms with van der Waals surface area (Å²) in [7, 11) is 1.64. The van der Waals surface area contributed by atoms with Gasteiger partial charge in [-0.2, -0.15) is 0 Å². The zero-order valence-corrected chi connectivity index (χ0v) is 12.4. The lowest BCUT2D eigenvalue weighted by Gasteiger charge is -2.21. The predicted molar refractivity (Wildman–Crippen MR) is 81.6 cm³/mol. The summed E-state index contributed by atoms with van der Waals surface area (Å²) in [6.45, 7) is 2.32. The molecule has 0 saturated heterocycles. The third kappa shape index (κ3) is 3.24. The third-order valence-electron chi connectivity index (χ3n) is 3.11. The Morgan fingerprint density at radius 1 is 1.15 bits per heavy atom. The number of hydrogen-bond acceptors (Lipinski definition) is 3. The molecule has 0 spiro atoms. The maximum absolute atomic E-state index is 6.01. The van der Waals surface area contributed by atoms with Crippen molar-refractivity contribution < 1.29 is 9.47 Å². The second-order valence-corrected chi connectivity index (χ2v) is 4.93. The molecule has 1 unspecified atom stereocenters. The first-order valence-corrected chi connectivity index (χ1v) is 6.79. The molecule has 0 aliphatic rings.